The summed E-state index contributed by atoms with van der Waals surface area (Å²) in [6, 6.07) is 9.23. The lowest BCUT2D eigenvalue weighted by Crippen LogP contribution is -2.42. The number of nitrogens with zero attached hydrogens (tertiary/aromatic N) is 3. The lowest BCUT2D eigenvalue weighted by atomic mass is 10.1. The molecule has 0 radical (unpaired) electrons. The highest BCUT2D eigenvalue weighted by molar-refractivity contribution is 5.97. The molecule has 0 saturated carbocycles. The van der Waals surface area contributed by atoms with E-state index in [4.69, 9.17) is 9.47 Å². The van der Waals surface area contributed by atoms with Crippen LogP contribution >= 0.6 is 0 Å². The van der Waals surface area contributed by atoms with E-state index in [1.165, 1.54) is 24.3 Å². The van der Waals surface area contributed by atoms with E-state index in [-0.39, 0.29) is 30.3 Å². The number of ketones is 1. The van der Waals surface area contributed by atoms with Crippen molar-refractivity contribution in [1.29, 1.82) is 0 Å². The van der Waals surface area contributed by atoms with Crippen molar-refractivity contribution in [2.45, 2.75) is 32.4 Å². The number of carbonyl (C=O) groups is 2. The number of hydrogen-bond acceptors (Lipinski definition) is 6. The number of piperidine rings is 1. The highest BCUT2D eigenvalue weighted by Crippen LogP contribution is 2.17. The van der Waals surface area contributed by atoms with Gasteiger partial charge in [-0.3, -0.25) is 9.69 Å². The summed E-state index contributed by atoms with van der Waals surface area (Å²) in [5, 5.41) is 0. The molecule has 1 aromatic heterocycles. The SMILES string of the molecule is CCN(Cc1ccc(OC)nc1)C(=O)OC1CCN(CC(=O)c2ccc(F)cc2)CC1. The number of aromatic nitrogens is 1. The molecule has 1 fully saturated rings. The molecule has 1 amide bonds. The summed E-state index contributed by atoms with van der Waals surface area (Å²) in [7, 11) is 1.56. The number of halogens is 1. The van der Waals surface area contributed by atoms with Crippen LogP contribution in [0.25, 0.3) is 0 Å². The van der Waals surface area contributed by atoms with Crippen molar-refractivity contribution >= 4 is 11.9 Å². The largest absolute Gasteiger partial charge is 0.481 e. The zero-order valence-electron chi connectivity index (χ0n) is 17.9. The summed E-state index contributed by atoms with van der Waals surface area (Å²) in [5.41, 5.74) is 1.40. The third-order valence-electron chi connectivity index (χ3n) is 5.36. The van der Waals surface area contributed by atoms with Gasteiger partial charge in [0, 0.05) is 37.5 Å². The third kappa shape index (κ3) is 6.49. The van der Waals surface area contributed by atoms with E-state index in [9.17, 15) is 14.0 Å². The van der Waals surface area contributed by atoms with E-state index < -0.39 is 0 Å². The second-order valence-corrected chi connectivity index (χ2v) is 7.51. The lowest BCUT2D eigenvalue weighted by molar-refractivity contribution is 0.0277. The number of methoxy groups -OCH3 is 1. The Morgan fingerprint density at radius 3 is 2.45 bits per heavy atom. The summed E-state index contributed by atoms with van der Waals surface area (Å²) in [4.78, 5) is 32.8. The number of amides is 1. The molecule has 0 unspecified atom stereocenters. The number of hydrogen-bond donors (Lipinski definition) is 0. The molecule has 1 aliphatic heterocycles. The van der Waals surface area contributed by atoms with Gasteiger partial charge in [-0.15, -0.1) is 0 Å². The first-order valence-corrected chi connectivity index (χ1v) is 10.4. The molecular weight excluding hydrogens is 401 g/mol. The molecule has 1 saturated heterocycles. The number of pyridine rings is 1. The van der Waals surface area contributed by atoms with Gasteiger partial charge in [0.15, 0.2) is 5.78 Å². The van der Waals surface area contributed by atoms with Crippen LogP contribution in [0.15, 0.2) is 42.6 Å². The van der Waals surface area contributed by atoms with Crippen molar-refractivity contribution < 1.29 is 23.5 Å². The molecule has 0 N–H and O–H groups in total. The van der Waals surface area contributed by atoms with Crippen molar-refractivity contribution in [2.75, 3.05) is 33.3 Å². The Balaban J connectivity index is 1.44. The molecular formula is C23H28FN3O4. The van der Waals surface area contributed by atoms with E-state index in [2.05, 4.69) is 4.98 Å². The predicted octanol–water partition coefficient (Wildman–Crippen LogP) is 3.54. The molecule has 3 rings (SSSR count). The first kappa shape index (κ1) is 22.7. The zero-order chi connectivity index (χ0) is 22.2. The fourth-order valence-corrected chi connectivity index (χ4v) is 3.48. The van der Waals surface area contributed by atoms with Crippen molar-refractivity contribution in [3.8, 4) is 5.88 Å². The molecule has 0 aliphatic carbocycles. The van der Waals surface area contributed by atoms with Crippen molar-refractivity contribution in [3.63, 3.8) is 0 Å². The van der Waals surface area contributed by atoms with Gasteiger partial charge in [0.25, 0.3) is 0 Å². The predicted molar refractivity (Wildman–Crippen MR) is 114 cm³/mol. The normalized spacial score (nSPS) is 14.8. The van der Waals surface area contributed by atoms with Crippen LogP contribution in [0.1, 0.15) is 35.7 Å². The Morgan fingerprint density at radius 2 is 1.87 bits per heavy atom. The average Bonchev–Trinajstić information content (AvgIpc) is 2.79. The number of benzene rings is 1. The van der Waals surface area contributed by atoms with E-state index >= 15 is 0 Å². The zero-order valence-corrected chi connectivity index (χ0v) is 17.9. The molecule has 8 heteroatoms. The van der Waals surface area contributed by atoms with Crippen LogP contribution in [-0.4, -0.2) is 66.1 Å². The molecule has 2 heterocycles. The summed E-state index contributed by atoms with van der Waals surface area (Å²) in [5.74, 6) is 0.128. The topological polar surface area (TPSA) is 72.0 Å². The highest BCUT2D eigenvalue weighted by atomic mass is 19.1. The van der Waals surface area contributed by atoms with Crippen LogP contribution in [0.4, 0.5) is 9.18 Å². The smallest absolute Gasteiger partial charge is 0.410 e. The minimum atomic E-state index is -0.358. The number of Topliss-reactive ketones (excluding diaryl/α,β-unsaturated/α-hetero) is 1. The number of ether oxygens (including phenoxy) is 2. The van der Waals surface area contributed by atoms with E-state index in [1.807, 2.05) is 17.9 Å². The van der Waals surface area contributed by atoms with Gasteiger partial charge in [0.1, 0.15) is 11.9 Å². The number of likely N-dealkylation sites (tertiary alicyclic amines) is 1. The molecule has 2 aromatic rings. The first-order chi connectivity index (χ1) is 15.0. The van der Waals surface area contributed by atoms with Gasteiger partial charge >= 0.3 is 6.09 Å². The Hall–Kier alpha value is -3.00. The highest BCUT2D eigenvalue weighted by Gasteiger charge is 2.25. The minimum Gasteiger partial charge on any atom is -0.481 e. The Labute approximate surface area is 181 Å². The maximum atomic E-state index is 13.0. The fourth-order valence-electron chi connectivity index (χ4n) is 3.48. The Bertz CT molecular complexity index is 865. The van der Waals surface area contributed by atoms with Gasteiger partial charge < -0.3 is 14.4 Å². The molecule has 0 atom stereocenters. The van der Waals surface area contributed by atoms with Crippen LogP contribution < -0.4 is 4.74 Å². The first-order valence-electron chi connectivity index (χ1n) is 10.4. The van der Waals surface area contributed by atoms with Gasteiger partial charge in [-0.25, -0.2) is 14.2 Å². The Morgan fingerprint density at radius 1 is 1.16 bits per heavy atom. The van der Waals surface area contributed by atoms with Crippen LogP contribution in [0.5, 0.6) is 5.88 Å². The van der Waals surface area contributed by atoms with Crippen molar-refractivity contribution in [1.82, 2.24) is 14.8 Å². The minimum absolute atomic E-state index is 0.0410. The van der Waals surface area contributed by atoms with Crippen molar-refractivity contribution in [2.24, 2.45) is 0 Å². The van der Waals surface area contributed by atoms with Gasteiger partial charge in [0.05, 0.1) is 20.2 Å². The van der Waals surface area contributed by atoms with Crippen LogP contribution in [0, 0.1) is 5.82 Å². The van der Waals surface area contributed by atoms with E-state index in [0.717, 1.165) is 5.56 Å². The molecule has 7 nitrogen and oxygen atoms in total. The molecule has 166 valence electrons. The molecule has 1 aromatic carbocycles. The molecule has 31 heavy (non-hydrogen) atoms. The third-order valence-corrected chi connectivity index (χ3v) is 5.36. The van der Waals surface area contributed by atoms with Gasteiger partial charge in [-0.05, 0) is 49.6 Å². The summed E-state index contributed by atoms with van der Waals surface area (Å²) < 4.78 is 23.8. The van der Waals surface area contributed by atoms with Crippen LogP contribution in [-0.2, 0) is 11.3 Å². The fraction of sp³-hybridized carbons (Fsp3) is 0.435. The second kappa shape index (κ2) is 10.9. The maximum Gasteiger partial charge on any atom is 0.410 e. The van der Waals surface area contributed by atoms with Gasteiger partial charge in [0.2, 0.25) is 5.88 Å². The monoisotopic (exact) mass is 429 g/mol. The standard InChI is InChI=1S/C23H28FN3O4/c1-3-27(15-17-4-9-22(30-2)25-14-17)23(29)31-20-10-12-26(13-11-20)16-21(28)18-5-7-19(24)8-6-18/h4-9,14,20H,3,10-13,15-16H2,1-2H3. The molecule has 1 aliphatic rings. The van der Waals surface area contributed by atoms with E-state index in [1.54, 1.807) is 24.3 Å². The number of carbonyl (C=O) groups excluding carboxylic acids is 2. The van der Waals surface area contributed by atoms with Crippen LogP contribution in [0.2, 0.25) is 0 Å². The second-order valence-electron chi connectivity index (χ2n) is 7.51. The summed E-state index contributed by atoms with van der Waals surface area (Å²) in [6.45, 7) is 4.45. The molecule has 0 bridgehead atoms. The van der Waals surface area contributed by atoms with Crippen molar-refractivity contribution in [3.05, 3.63) is 59.5 Å². The Kier molecular flexibility index (Phi) is 7.94. The van der Waals surface area contributed by atoms with Gasteiger partial charge in [-0.1, -0.05) is 6.07 Å². The average molecular weight is 429 g/mol. The maximum absolute atomic E-state index is 13.0. The van der Waals surface area contributed by atoms with E-state index in [0.29, 0.717) is 50.5 Å². The molecule has 0 spiro atoms. The summed E-state index contributed by atoms with van der Waals surface area (Å²) in [6.07, 6.45) is 2.51. The van der Waals surface area contributed by atoms with Crippen LogP contribution in [0.3, 0.4) is 0 Å². The quantitative estimate of drug-likeness (QED) is 0.598. The summed E-state index contributed by atoms with van der Waals surface area (Å²) >= 11 is 0. The number of rotatable bonds is 8. The van der Waals surface area contributed by atoms with Gasteiger partial charge in [-0.2, -0.15) is 0 Å². The lowest BCUT2D eigenvalue weighted by Gasteiger charge is -2.32.